The molecule has 0 aromatic heterocycles. The fourth-order valence-electron chi connectivity index (χ4n) is 1.85. The maximum atomic E-state index is 12.3. The summed E-state index contributed by atoms with van der Waals surface area (Å²) in [6, 6.07) is 4.82. The zero-order valence-electron chi connectivity index (χ0n) is 13.1. The lowest BCUT2D eigenvalue weighted by Gasteiger charge is -2.25. The number of benzene rings is 1. The Balaban J connectivity index is 3.10. The van der Waals surface area contributed by atoms with Crippen LogP contribution in [0.1, 0.15) is 31.1 Å². The molecule has 5 nitrogen and oxygen atoms in total. The van der Waals surface area contributed by atoms with Crippen molar-refractivity contribution >= 4 is 29.1 Å². The molecule has 0 radical (unpaired) electrons. The average molecular weight is 312 g/mol. The van der Waals surface area contributed by atoms with Crippen LogP contribution in [-0.4, -0.2) is 42.9 Å². The second-order valence-electron chi connectivity index (χ2n) is 5.50. The number of hydrogen-bond acceptors (Lipinski definition) is 3. The van der Waals surface area contributed by atoms with Gasteiger partial charge in [0.1, 0.15) is 0 Å². The number of carbonyl (C=O) groups is 2. The number of rotatable bonds is 5. The van der Waals surface area contributed by atoms with E-state index in [0.717, 1.165) is 0 Å². The molecule has 6 heteroatoms. The number of anilines is 1. The molecule has 0 heterocycles. The normalized spacial score (nSPS) is 11.1. The molecular weight excluding hydrogens is 290 g/mol. The standard InChI is InChI=1S/C15H22ClN3O2/c1-6-17-15(2,3)14(21)18-12-9-10(16)7-8-11(12)13(20)19(4)5/h7-9,17H,6H2,1-5H3,(H,18,21). The molecule has 0 saturated carbocycles. The van der Waals surface area contributed by atoms with Crippen molar-refractivity contribution in [3.05, 3.63) is 28.8 Å². The first kappa shape index (κ1) is 17.5. The summed E-state index contributed by atoms with van der Waals surface area (Å²) in [5.74, 6) is -0.414. The zero-order chi connectivity index (χ0) is 16.2. The monoisotopic (exact) mass is 311 g/mol. The Morgan fingerprint density at radius 3 is 2.43 bits per heavy atom. The van der Waals surface area contributed by atoms with Crippen LogP contribution in [0.25, 0.3) is 0 Å². The summed E-state index contributed by atoms with van der Waals surface area (Å²) in [6.45, 7) is 6.16. The maximum Gasteiger partial charge on any atom is 0.255 e. The van der Waals surface area contributed by atoms with E-state index in [1.54, 1.807) is 46.1 Å². The highest BCUT2D eigenvalue weighted by molar-refractivity contribution is 6.31. The minimum absolute atomic E-state index is 0.191. The highest BCUT2D eigenvalue weighted by Gasteiger charge is 2.27. The van der Waals surface area contributed by atoms with Crippen LogP contribution in [0.15, 0.2) is 18.2 Å². The van der Waals surface area contributed by atoms with E-state index in [-0.39, 0.29) is 11.8 Å². The van der Waals surface area contributed by atoms with Crippen molar-refractivity contribution < 1.29 is 9.59 Å². The first-order valence-electron chi connectivity index (χ1n) is 6.76. The molecule has 0 saturated heterocycles. The van der Waals surface area contributed by atoms with Crippen molar-refractivity contribution in [1.29, 1.82) is 0 Å². The molecule has 0 aliphatic carbocycles. The van der Waals surface area contributed by atoms with E-state index in [2.05, 4.69) is 10.6 Å². The summed E-state index contributed by atoms with van der Waals surface area (Å²) < 4.78 is 0. The Morgan fingerprint density at radius 2 is 1.90 bits per heavy atom. The second-order valence-corrected chi connectivity index (χ2v) is 5.94. The Bertz CT molecular complexity index is 542. The summed E-state index contributed by atoms with van der Waals surface area (Å²) in [7, 11) is 3.32. The first-order valence-corrected chi connectivity index (χ1v) is 7.14. The van der Waals surface area contributed by atoms with Crippen molar-refractivity contribution in [3.8, 4) is 0 Å². The molecule has 1 rings (SSSR count). The van der Waals surface area contributed by atoms with Crippen LogP contribution in [0.4, 0.5) is 5.69 Å². The molecular formula is C15H22ClN3O2. The number of nitrogens with zero attached hydrogens (tertiary/aromatic N) is 1. The number of hydrogen-bond donors (Lipinski definition) is 2. The Hall–Kier alpha value is -1.59. The van der Waals surface area contributed by atoms with Gasteiger partial charge in [-0.25, -0.2) is 0 Å². The maximum absolute atomic E-state index is 12.3. The van der Waals surface area contributed by atoms with E-state index in [4.69, 9.17) is 11.6 Å². The van der Waals surface area contributed by atoms with E-state index in [1.807, 2.05) is 6.92 Å². The van der Waals surface area contributed by atoms with E-state index in [1.165, 1.54) is 4.90 Å². The SMILES string of the molecule is CCNC(C)(C)C(=O)Nc1cc(Cl)ccc1C(=O)N(C)C. The van der Waals surface area contributed by atoms with Crippen molar-refractivity contribution in [2.24, 2.45) is 0 Å². The van der Waals surface area contributed by atoms with Gasteiger partial charge in [-0.2, -0.15) is 0 Å². The van der Waals surface area contributed by atoms with Gasteiger partial charge in [0.2, 0.25) is 5.91 Å². The van der Waals surface area contributed by atoms with Gasteiger partial charge in [0.05, 0.1) is 16.8 Å². The van der Waals surface area contributed by atoms with E-state index < -0.39 is 5.54 Å². The van der Waals surface area contributed by atoms with Gasteiger partial charge in [-0.05, 0) is 38.6 Å². The predicted octanol–water partition coefficient (Wildman–Crippen LogP) is 2.37. The molecule has 2 N–H and O–H groups in total. The van der Waals surface area contributed by atoms with Crippen LogP contribution in [0.2, 0.25) is 5.02 Å². The van der Waals surface area contributed by atoms with Crippen LogP contribution in [-0.2, 0) is 4.79 Å². The van der Waals surface area contributed by atoms with E-state index in [9.17, 15) is 9.59 Å². The van der Waals surface area contributed by atoms with Crippen LogP contribution in [0.5, 0.6) is 0 Å². The van der Waals surface area contributed by atoms with E-state index in [0.29, 0.717) is 22.8 Å². The molecule has 0 atom stereocenters. The van der Waals surface area contributed by atoms with Gasteiger partial charge in [-0.3, -0.25) is 9.59 Å². The minimum Gasteiger partial charge on any atom is -0.345 e. The Labute approximate surface area is 130 Å². The fraction of sp³-hybridized carbons (Fsp3) is 0.467. The second kappa shape index (κ2) is 6.91. The van der Waals surface area contributed by atoms with Gasteiger partial charge in [-0.1, -0.05) is 18.5 Å². The largest absolute Gasteiger partial charge is 0.345 e. The third kappa shape index (κ3) is 4.44. The molecule has 0 aliphatic heterocycles. The summed E-state index contributed by atoms with van der Waals surface area (Å²) >= 11 is 5.97. The number of likely N-dealkylation sites (N-methyl/N-ethyl adjacent to an activating group) is 1. The third-order valence-corrected chi connectivity index (χ3v) is 3.29. The average Bonchev–Trinajstić information content (AvgIpc) is 2.37. The molecule has 21 heavy (non-hydrogen) atoms. The molecule has 1 aromatic rings. The molecule has 0 aliphatic rings. The van der Waals surface area contributed by atoms with Crippen LogP contribution < -0.4 is 10.6 Å². The predicted molar refractivity (Wildman–Crippen MR) is 85.9 cm³/mol. The number of carbonyl (C=O) groups excluding carboxylic acids is 2. The highest BCUT2D eigenvalue weighted by Crippen LogP contribution is 2.23. The smallest absolute Gasteiger partial charge is 0.255 e. The molecule has 0 spiro atoms. The van der Waals surface area contributed by atoms with Gasteiger partial charge < -0.3 is 15.5 Å². The number of nitrogens with one attached hydrogen (secondary N) is 2. The number of amides is 2. The summed E-state index contributed by atoms with van der Waals surface area (Å²) in [6.07, 6.45) is 0. The molecule has 0 fully saturated rings. The van der Waals surface area contributed by atoms with Gasteiger partial charge >= 0.3 is 0 Å². The lowest BCUT2D eigenvalue weighted by atomic mass is 10.0. The van der Waals surface area contributed by atoms with Crippen LogP contribution in [0.3, 0.4) is 0 Å². The Kier molecular flexibility index (Phi) is 5.75. The summed E-state index contributed by atoms with van der Waals surface area (Å²) in [5.41, 5.74) is 0.0809. The molecule has 0 unspecified atom stereocenters. The van der Waals surface area contributed by atoms with Crippen molar-refractivity contribution in [3.63, 3.8) is 0 Å². The highest BCUT2D eigenvalue weighted by atomic mass is 35.5. The van der Waals surface area contributed by atoms with E-state index >= 15 is 0 Å². The summed E-state index contributed by atoms with van der Waals surface area (Å²) in [5, 5.41) is 6.33. The Morgan fingerprint density at radius 1 is 1.29 bits per heavy atom. The van der Waals surface area contributed by atoms with Gasteiger partial charge in [0.25, 0.3) is 5.91 Å². The van der Waals surface area contributed by atoms with Gasteiger partial charge in [0.15, 0.2) is 0 Å². The first-order chi connectivity index (χ1) is 9.69. The lowest BCUT2D eigenvalue weighted by Crippen LogP contribution is -2.49. The number of halogens is 1. The summed E-state index contributed by atoms with van der Waals surface area (Å²) in [4.78, 5) is 25.9. The van der Waals surface area contributed by atoms with Gasteiger partial charge in [0, 0.05) is 19.1 Å². The van der Waals surface area contributed by atoms with Gasteiger partial charge in [-0.15, -0.1) is 0 Å². The lowest BCUT2D eigenvalue weighted by molar-refractivity contribution is -0.121. The fourth-order valence-corrected chi connectivity index (χ4v) is 2.02. The van der Waals surface area contributed by atoms with Crippen molar-refractivity contribution in [1.82, 2.24) is 10.2 Å². The topological polar surface area (TPSA) is 61.4 Å². The van der Waals surface area contributed by atoms with Crippen molar-refractivity contribution in [2.75, 3.05) is 26.0 Å². The van der Waals surface area contributed by atoms with Crippen LogP contribution in [0, 0.1) is 0 Å². The molecule has 2 amide bonds. The quantitative estimate of drug-likeness (QED) is 0.877. The van der Waals surface area contributed by atoms with Crippen molar-refractivity contribution in [2.45, 2.75) is 26.3 Å². The minimum atomic E-state index is -0.741. The third-order valence-electron chi connectivity index (χ3n) is 3.05. The molecule has 116 valence electrons. The molecule has 0 bridgehead atoms. The van der Waals surface area contributed by atoms with Crippen LogP contribution >= 0.6 is 11.6 Å². The molecule has 1 aromatic carbocycles. The zero-order valence-corrected chi connectivity index (χ0v) is 13.8.